The fourth-order valence-corrected chi connectivity index (χ4v) is 2.67. The summed E-state index contributed by atoms with van der Waals surface area (Å²) >= 11 is 0. The van der Waals surface area contributed by atoms with Crippen molar-refractivity contribution in [3.8, 4) is 0 Å². The molecule has 0 radical (unpaired) electrons. The summed E-state index contributed by atoms with van der Waals surface area (Å²) in [6.07, 6.45) is 4.40. The van der Waals surface area contributed by atoms with Crippen LogP contribution in [-0.4, -0.2) is 32.1 Å². The standard InChI is InChI=1S/C16H30O4/c1-12(18-5)19-11-10-15(17)20-14-8-6-13(7-9-14)16(2,3)4/h12-14H,6-11H2,1-5H3. The van der Waals surface area contributed by atoms with Gasteiger partial charge in [0.25, 0.3) is 0 Å². The molecule has 1 fully saturated rings. The lowest BCUT2D eigenvalue weighted by atomic mass is 9.72. The van der Waals surface area contributed by atoms with Crippen LogP contribution in [0.1, 0.15) is 59.8 Å². The van der Waals surface area contributed by atoms with E-state index in [2.05, 4.69) is 20.8 Å². The number of ether oxygens (including phenoxy) is 3. The Balaban J connectivity index is 2.18. The Morgan fingerprint density at radius 3 is 2.30 bits per heavy atom. The topological polar surface area (TPSA) is 44.8 Å². The molecule has 0 aromatic carbocycles. The molecule has 0 N–H and O–H groups in total. The lowest BCUT2D eigenvalue weighted by molar-refractivity contribution is -0.156. The summed E-state index contributed by atoms with van der Waals surface area (Å²) in [5.41, 5.74) is 0.360. The largest absolute Gasteiger partial charge is 0.462 e. The minimum Gasteiger partial charge on any atom is -0.462 e. The first kappa shape index (κ1) is 17.4. The maximum absolute atomic E-state index is 11.7. The van der Waals surface area contributed by atoms with E-state index in [0.29, 0.717) is 18.4 Å². The fourth-order valence-electron chi connectivity index (χ4n) is 2.67. The van der Waals surface area contributed by atoms with Crippen molar-refractivity contribution in [1.82, 2.24) is 0 Å². The molecule has 4 nitrogen and oxygen atoms in total. The van der Waals surface area contributed by atoms with Crippen molar-refractivity contribution in [2.24, 2.45) is 11.3 Å². The van der Waals surface area contributed by atoms with E-state index >= 15 is 0 Å². The number of rotatable bonds is 6. The second-order valence-electron chi connectivity index (χ2n) is 6.75. The van der Waals surface area contributed by atoms with Gasteiger partial charge >= 0.3 is 5.97 Å². The van der Waals surface area contributed by atoms with Crippen molar-refractivity contribution in [2.75, 3.05) is 13.7 Å². The molecule has 1 atom stereocenters. The summed E-state index contributed by atoms with van der Waals surface area (Å²) in [4.78, 5) is 11.7. The van der Waals surface area contributed by atoms with Crippen LogP contribution in [-0.2, 0) is 19.0 Å². The van der Waals surface area contributed by atoms with Gasteiger partial charge in [0.15, 0.2) is 6.29 Å². The molecular formula is C16H30O4. The van der Waals surface area contributed by atoms with Gasteiger partial charge in [0.05, 0.1) is 13.0 Å². The van der Waals surface area contributed by atoms with Gasteiger partial charge in [-0.25, -0.2) is 0 Å². The first-order chi connectivity index (χ1) is 9.32. The van der Waals surface area contributed by atoms with Gasteiger partial charge in [-0.3, -0.25) is 4.79 Å². The lowest BCUT2D eigenvalue weighted by Gasteiger charge is -2.36. The summed E-state index contributed by atoms with van der Waals surface area (Å²) in [5.74, 6) is 0.579. The minimum atomic E-state index is -0.273. The van der Waals surface area contributed by atoms with Crippen LogP contribution in [0.2, 0.25) is 0 Å². The number of carbonyl (C=O) groups excluding carboxylic acids is 1. The van der Waals surface area contributed by atoms with Crippen LogP contribution >= 0.6 is 0 Å². The van der Waals surface area contributed by atoms with E-state index in [-0.39, 0.29) is 18.4 Å². The van der Waals surface area contributed by atoms with Crippen molar-refractivity contribution in [3.05, 3.63) is 0 Å². The van der Waals surface area contributed by atoms with Crippen LogP contribution in [0.15, 0.2) is 0 Å². The molecule has 1 unspecified atom stereocenters. The Hall–Kier alpha value is -0.610. The minimum absolute atomic E-state index is 0.0981. The third-order valence-corrected chi connectivity index (χ3v) is 4.19. The van der Waals surface area contributed by atoms with Crippen molar-refractivity contribution in [2.45, 2.75) is 72.2 Å². The van der Waals surface area contributed by atoms with E-state index < -0.39 is 0 Å². The van der Waals surface area contributed by atoms with Crippen LogP contribution in [0, 0.1) is 11.3 Å². The predicted molar refractivity (Wildman–Crippen MR) is 78.3 cm³/mol. The number of methoxy groups -OCH3 is 1. The van der Waals surface area contributed by atoms with E-state index in [1.165, 1.54) is 0 Å². The SMILES string of the molecule is COC(C)OCCC(=O)OC1CCC(C(C)(C)C)CC1. The molecule has 0 spiro atoms. The first-order valence-corrected chi connectivity index (χ1v) is 7.66. The Labute approximate surface area is 123 Å². The van der Waals surface area contributed by atoms with E-state index in [1.54, 1.807) is 14.0 Å². The maximum atomic E-state index is 11.7. The molecule has 0 aromatic heterocycles. The molecule has 1 aliphatic carbocycles. The molecule has 0 amide bonds. The van der Waals surface area contributed by atoms with Gasteiger partial charge in [-0.1, -0.05) is 20.8 Å². The highest BCUT2D eigenvalue weighted by Gasteiger charge is 2.30. The van der Waals surface area contributed by atoms with E-state index in [9.17, 15) is 4.79 Å². The fraction of sp³-hybridized carbons (Fsp3) is 0.938. The zero-order chi connectivity index (χ0) is 15.2. The zero-order valence-corrected chi connectivity index (χ0v) is 13.6. The van der Waals surface area contributed by atoms with Gasteiger partial charge in [-0.05, 0) is 43.9 Å². The normalized spacial score (nSPS) is 25.2. The van der Waals surface area contributed by atoms with Crippen molar-refractivity contribution < 1.29 is 19.0 Å². The lowest BCUT2D eigenvalue weighted by Crippen LogP contribution is -2.30. The summed E-state index contributed by atoms with van der Waals surface area (Å²) in [6, 6.07) is 0. The van der Waals surface area contributed by atoms with Gasteiger partial charge in [0, 0.05) is 7.11 Å². The van der Waals surface area contributed by atoms with E-state index in [0.717, 1.165) is 31.6 Å². The quantitative estimate of drug-likeness (QED) is 0.553. The highest BCUT2D eigenvalue weighted by atomic mass is 16.7. The van der Waals surface area contributed by atoms with Gasteiger partial charge in [0.2, 0.25) is 0 Å². The Kier molecular flexibility index (Phi) is 6.96. The Morgan fingerprint density at radius 1 is 1.20 bits per heavy atom. The van der Waals surface area contributed by atoms with Gasteiger partial charge < -0.3 is 14.2 Å². The summed E-state index contributed by atoms with van der Waals surface area (Å²) < 4.78 is 15.7. The molecule has 0 heterocycles. The molecule has 0 aromatic rings. The predicted octanol–water partition coefficient (Wildman–Crippen LogP) is 3.53. The van der Waals surface area contributed by atoms with Gasteiger partial charge in [0.1, 0.15) is 6.10 Å². The maximum Gasteiger partial charge on any atom is 0.308 e. The number of hydrogen-bond donors (Lipinski definition) is 0. The molecule has 0 aliphatic heterocycles. The number of esters is 1. The molecular weight excluding hydrogens is 256 g/mol. The average molecular weight is 286 g/mol. The average Bonchev–Trinajstić information content (AvgIpc) is 2.38. The van der Waals surface area contributed by atoms with Crippen molar-refractivity contribution >= 4 is 5.97 Å². The second-order valence-corrected chi connectivity index (χ2v) is 6.75. The Bertz CT molecular complexity index is 287. The molecule has 0 saturated heterocycles. The number of hydrogen-bond acceptors (Lipinski definition) is 4. The summed E-state index contributed by atoms with van der Waals surface area (Å²) in [5, 5.41) is 0. The van der Waals surface area contributed by atoms with E-state index in [1.807, 2.05) is 0 Å². The second kappa shape index (κ2) is 7.99. The van der Waals surface area contributed by atoms with Crippen LogP contribution < -0.4 is 0 Å². The molecule has 4 heteroatoms. The highest BCUT2D eigenvalue weighted by Crippen LogP contribution is 2.38. The smallest absolute Gasteiger partial charge is 0.308 e. The van der Waals surface area contributed by atoms with Crippen molar-refractivity contribution in [1.29, 1.82) is 0 Å². The third kappa shape index (κ3) is 6.23. The third-order valence-electron chi connectivity index (χ3n) is 4.19. The molecule has 1 aliphatic rings. The summed E-state index contributed by atoms with van der Waals surface area (Å²) in [6.45, 7) is 9.03. The van der Waals surface area contributed by atoms with Crippen molar-refractivity contribution in [3.63, 3.8) is 0 Å². The highest BCUT2D eigenvalue weighted by molar-refractivity contribution is 5.69. The first-order valence-electron chi connectivity index (χ1n) is 7.66. The zero-order valence-electron chi connectivity index (χ0n) is 13.6. The monoisotopic (exact) mass is 286 g/mol. The molecule has 1 rings (SSSR count). The molecule has 0 bridgehead atoms. The Morgan fingerprint density at radius 2 is 1.80 bits per heavy atom. The summed E-state index contributed by atoms with van der Waals surface area (Å²) in [7, 11) is 1.58. The van der Waals surface area contributed by atoms with Crippen LogP contribution in [0.5, 0.6) is 0 Å². The van der Waals surface area contributed by atoms with E-state index in [4.69, 9.17) is 14.2 Å². The molecule has 1 saturated carbocycles. The molecule has 20 heavy (non-hydrogen) atoms. The molecule has 118 valence electrons. The number of carbonyl (C=O) groups is 1. The van der Waals surface area contributed by atoms with Gasteiger partial charge in [-0.15, -0.1) is 0 Å². The van der Waals surface area contributed by atoms with Crippen LogP contribution in [0.3, 0.4) is 0 Å². The van der Waals surface area contributed by atoms with Crippen LogP contribution in [0.25, 0.3) is 0 Å². The van der Waals surface area contributed by atoms with Crippen LogP contribution in [0.4, 0.5) is 0 Å². The van der Waals surface area contributed by atoms with Gasteiger partial charge in [-0.2, -0.15) is 0 Å².